The van der Waals surface area contributed by atoms with Crippen molar-refractivity contribution < 1.29 is 0 Å². The first-order valence-electron chi connectivity index (χ1n) is 7.44. The zero-order valence-electron chi connectivity index (χ0n) is 11.5. The van der Waals surface area contributed by atoms with Crippen molar-refractivity contribution in [1.29, 1.82) is 0 Å². The predicted octanol–water partition coefficient (Wildman–Crippen LogP) is 2.70. The SMILES string of the molecule is CCC1CCC(n2cc(CCCCN)nn2)CC1. The highest BCUT2D eigenvalue weighted by molar-refractivity contribution is 4.94. The van der Waals surface area contributed by atoms with Crippen molar-refractivity contribution in [3.05, 3.63) is 11.9 Å². The quantitative estimate of drug-likeness (QED) is 0.790. The number of aromatic nitrogens is 3. The molecule has 0 radical (unpaired) electrons. The lowest BCUT2D eigenvalue weighted by atomic mass is 9.85. The van der Waals surface area contributed by atoms with E-state index in [-0.39, 0.29) is 0 Å². The molecule has 2 rings (SSSR count). The Morgan fingerprint density at radius 2 is 2.06 bits per heavy atom. The maximum absolute atomic E-state index is 5.50. The number of nitrogens with two attached hydrogens (primary N) is 1. The van der Waals surface area contributed by atoms with E-state index in [4.69, 9.17) is 5.73 Å². The van der Waals surface area contributed by atoms with Crippen molar-refractivity contribution in [1.82, 2.24) is 15.0 Å². The average Bonchev–Trinajstić information content (AvgIpc) is 2.88. The highest BCUT2D eigenvalue weighted by Crippen LogP contribution is 2.33. The Bertz CT molecular complexity index is 339. The molecule has 18 heavy (non-hydrogen) atoms. The Morgan fingerprint density at radius 1 is 1.28 bits per heavy atom. The van der Waals surface area contributed by atoms with E-state index >= 15 is 0 Å². The molecule has 0 bridgehead atoms. The third-order valence-electron chi connectivity index (χ3n) is 4.21. The number of rotatable bonds is 6. The summed E-state index contributed by atoms with van der Waals surface area (Å²) in [4.78, 5) is 0. The summed E-state index contributed by atoms with van der Waals surface area (Å²) in [6, 6.07) is 0.587. The molecule has 1 heterocycles. The van der Waals surface area contributed by atoms with Gasteiger partial charge in [0.25, 0.3) is 0 Å². The minimum Gasteiger partial charge on any atom is -0.330 e. The Balaban J connectivity index is 1.82. The lowest BCUT2D eigenvalue weighted by molar-refractivity contribution is 0.253. The van der Waals surface area contributed by atoms with Gasteiger partial charge in [0.05, 0.1) is 11.7 Å². The number of hydrogen-bond donors (Lipinski definition) is 1. The molecule has 1 aromatic heterocycles. The van der Waals surface area contributed by atoms with Crippen molar-refractivity contribution in [3.8, 4) is 0 Å². The largest absolute Gasteiger partial charge is 0.330 e. The van der Waals surface area contributed by atoms with Gasteiger partial charge in [-0.3, -0.25) is 0 Å². The third kappa shape index (κ3) is 3.55. The molecule has 1 saturated carbocycles. The molecule has 4 nitrogen and oxygen atoms in total. The maximum atomic E-state index is 5.50. The second-order valence-corrected chi connectivity index (χ2v) is 5.52. The molecule has 1 aliphatic carbocycles. The highest BCUT2D eigenvalue weighted by atomic mass is 15.4. The van der Waals surface area contributed by atoms with Crippen LogP contribution in [0.3, 0.4) is 0 Å². The Morgan fingerprint density at radius 3 is 2.72 bits per heavy atom. The number of hydrogen-bond acceptors (Lipinski definition) is 3. The fourth-order valence-electron chi connectivity index (χ4n) is 2.87. The molecular formula is C14H26N4. The topological polar surface area (TPSA) is 56.7 Å². The van der Waals surface area contributed by atoms with Crippen molar-refractivity contribution in [2.45, 2.75) is 64.3 Å². The summed E-state index contributed by atoms with van der Waals surface area (Å²) in [6.07, 6.45) is 11.9. The monoisotopic (exact) mass is 250 g/mol. The number of nitrogens with zero attached hydrogens (tertiary/aromatic N) is 3. The van der Waals surface area contributed by atoms with Crippen LogP contribution < -0.4 is 5.73 Å². The van der Waals surface area contributed by atoms with Crippen molar-refractivity contribution in [2.24, 2.45) is 11.7 Å². The van der Waals surface area contributed by atoms with Gasteiger partial charge in [-0.25, -0.2) is 4.68 Å². The van der Waals surface area contributed by atoms with Crippen LogP contribution in [0.2, 0.25) is 0 Å². The smallest absolute Gasteiger partial charge is 0.0827 e. The van der Waals surface area contributed by atoms with E-state index in [2.05, 4.69) is 28.1 Å². The molecule has 1 fully saturated rings. The summed E-state index contributed by atoms with van der Waals surface area (Å²) in [5.41, 5.74) is 6.63. The molecule has 0 aromatic carbocycles. The lowest BCUT2D eigenvalue weighted by Gasteiger charge is -2.27. The molecule has 102 valence electrons. The fraction of sp³-hybridized carbons (Fsp3) is 0.857. The molecule has 0 saturated heterocycles. The van der Waals surface area contributed by atoms with Gasteiger partial charge >= 0.3 is 0 Å². The Kier molecular flexibility index (Phi) is 5.17. The van der Waals surface area contributed by atoms with Crippen LogP contribution in [0.5, 0.6) is 0 Å². The molecule has 0 unspecified atom stereocenters. The third-order valence-corrected chi connectivity index (χ3v) is 4.21. The van der Waals surface area contributed by atoms with Crippen LogP contribution in [-0.4, -0.2) is 21.5 Å². The average molecular weight is 250 g/mol. The summed E-state index contributed by atoms with van der Waals surface area (Å²) in [5, 5.41) is 8.58. The molecule has 2 N–H and O–H groups in total. The van der Waals surface area contributed by atoms with Gasteiger partial charge in [-0.05, 0) is 57.4 Å². The summed E-state index contributed by atoms with van der Waals surface area (Å²) in [5.74, 6) is 0.939. The zero-order valence-corrected chi connectivity index (χ0v) is 11.5. The Hall–Kier alpha value is -0.900. The summed E-state index contributed by atoms with van der Waals surface area (Å²) >= 11 is 0. The second-order valence-electron chi connectivity index (χ2n) is 5.52. The minimum absolute atomic E-state index is 0.587. The molecule has 0 aliphatic heterocycles. The van der Waals surface area contributed by atoms with E-state index in [1.807, 2.05) is 0 Å². The van der Waals surface area contributed by atoms with Gasteiger partial charge in [-0.15, -0.1) is 5.10 Å². The zero-order chi connectivity index (χ0) is 12.8. The van der Waals surface area contributed by atoms with Crippen LogP contribution >= 0.6 is 0 Å². The van der Waals surface area contributed by atoms with E-state index in [1.54, 1.807) is 0 Å². The normalized spacial score (nSPS) is 24.3. The lowest BCUT2D eigenvalue weighted by Crippen LogP contribution is -2.18. The van der Waals surface area contributed by atoms with Gasteiger partial charge in [-0.2, -0.15) is 0 Å². The first-order valence-corrected chi connectivity index (χ1v) is 7.44. The van der Waals surface area contributed by atoms with Crippen LogP contribution in [0.1, 0.15) is 63.6 Å². The first kappa shape index (κ1) is 13.5. The van der Waals surface area contributed by atoms with Crippen LogP contribution in [0.15, 0.2) is 6.20 Å². The van der Waals surface area contributed by atoms with Gasteiger partial charge in [0, 0.05) is 6.20 Å². The fourth-order valence-corrected chi connectivity index (χ4v) is 2.87. The second kappa shape index (κ2) is 6.88. The molecular weight excluding hydrogens is 224 g/mol. The van der Waals surface area contributed by atoms with Gasteiger partial charge in [0.2, 0.25) is 0 Å². The van der Waals surface area contributed by atoms with E-state index < -0.39 is 0 Å². The van der Waals surface area contributed by atoms with Crippen molar-refractivity contribution in [2.75, 3.05) is 6.54 Å². The minimum atomic E-state index is 0.587. The number of unbranched alkanes of at least 4 members (excludes halogenated alkanes) is 1. The van der Waals surface area contributed by atoms with Gasteiger partial charge in [0.15, 0.2) is 0 Å². The molecule has 4 heteroatoms. The summed E-state index contributed by atoms with van der Waals surface area (Å²) in [6.45, 7) is 3.07. The van der Waals surface area contributed by atoms with E-state index in [0.717, 1.165) is 37.4 Å². The predicted molar refractivity (Wildman–Crippen MR) is 73.3 cm³/mol. The van der Waals surface area contributed by atoms with Crippen LogP contribution in [0.25, 0.3) is 0 Å². The molecule has 0 amide bonds. The van der Waals surface area contributed by atoms with Crippen LogP contribution in [-0.2, 0) is 6.42 Å². The molecule has 1 aromatic rings. The summed E-state index contributed by atoms with van der Waals surface area (Å²) < 4.78 is 2.10. The van der Waals surface area contributed by atoms with Gasteiger partial charge in [0.1, 0.15) is 0 Å². The molecule has 1 aliphatic rings. The maximum Gasteiger partial charge on any atom is 0.0827 e. The van der Waals surface area contributed by atoms with E-state index in [1.165, 1.54) is 32.1 Å². The van der Waals surface area contributed by atoms with Gasteiger partial charge < -0.3 is 5.73 Å². The Labute approximate surface area is 110 Å². The molecule has 0 spiro atoms. The van der Waals surface area contributed by atoms with Crippen molar-refractivity contribution >= 4 is 0 Å². The van der Waals surface area contributed by atoms with Crippen LogP contribution in [0.4, 0.5) is 0 Å². The number of aryl methyl sites for hydroxylation is 1. The first-order chi connectivity index (χ1) is 8.83. The van der Waals surface area contributed by atoms with E-state index in [0.29, 0.717) is 6.04 Å². The van der Waals surface area contributed by atoms with Gasteiger partial charge in [-0.1, -0.05) is 18.6 Å². The van der Waals surface area contributed by atoms with E-state index in [9.17, 15) is 0 Å². The standard InChI is InChI=1S/C14H26N4/c1-2-12-6-8-14(9-7-12)18-11-13(16-17-18)5-3-4-10-15/h11-12,14H,2-10,15H2,1H3. The highest BCUT2D eigenvalue weighted by Gasteiger charge is 2.22. The van der Waals surface area contributed by atoms with Crippen molar-refractivity contribution in [3.63, 3.8) is 0 Å². The van der Waals surface area contributed by atoms with Crippen LogP contribution in [0, 0.1) is 5.92 Å². The summed E-state index contributed by atoms with van der Waals surface area (Å²) in [7, 11) is 0. The molecule has 0 atom stereocenters.